The van der Waals surface area contributed by atoms with Crippen LogP contribution in [0.5, 0.6) is 0 Å². The molecule has 1 saturated heterocycles. The standard InChI is InChI=1S/C20H17FN4O5/c21-16-3-1-2-4-17(16)22-7-9-23(10-8-22)18(26)12-24-19(27)14-6-5-13(25(29)30)11-15(14)20(24)28/h1-6,11H,7-10,12H2. The number of rotatable bonds is 4. The predicted octanol–water partition coefficient (Wildman–Crippen LogP) is 1.68. The maximum atomic E-state index is 13.9. The van der Waals surface area contributed by atoms with Crippen LogP contribution < -0.4 is 4.90 Å². The second-order valence-electron chi connectivity index (χ2n) is 7.00. The summed E-state index contributed by atoms with van der Waals surface area (Å²) in [6, 6.07) is 9.82. The van der Waals surface area contributed by atoms with Crippen molar-refractivity contribution in [2.45, 2.75) is 0 Å². The molecular weight excluding hydrogens is 395 g/mol. The lowest BCUT2D eigenvalue weighted by Gasteiger charge is -2.36. The third kappa shape index (κ3) is 3.36. The predicted molar refractivity (Wildman–Crippen MR) is 104 cm³/mol. The first-order chi connectivity index (χ1) is 14.4. The number of nitrogens with zero attached hydrogens (tertiary/aromatic N) is 4. The maximum Gasteiger partial charge on any atom is 0.270 e. The van der Waals surface area contributed by atoms with Gasteiger partial charge in [0.15, 0.2) is 0 Å². The SMILES string of the molecule is O=C(CN1C(=O)c2ccc([N+](=O)[O-])cc2C1=O)N1CCN(c2ccccc2F)CC1. The smallest absolute Gasteiger partial charge is 0.270 e. The zero-order valence-corrected chi connectivity index (χ0v) is 15.8. The molecule has 0 radical (unpaired) electrons. The first-order valence-electron chi connectivity index (χ1n) is 9.28. The Bertz CT molecular complexity index is 1060. The lowest BCUT2D eigenvalue weighted by atomic mass is 10.1. The molecule has 2 aromatic carbocycles. The Morgan fingerprint density at radius 3 is 2.33 bits per heavy atom. The van der Waals surface area contributed by atoms with Crippen molar-refractivity contribution in [3.63, 3.8) is 0 Å². The molecule has 9 nitrogen and oxygen atoms in total. The van der Waals surface area contributed by atoms with Crippen LogP contribution in [0.1, 0.15) is 20.7 Å². The number of nitro groups is 1. The van der Waals surface area contributed by atoms with Gasteiger partial charge in [-0.05, 0) is 18.2 Å². The maximum absolute atomic E-state index is 13.9. The largest absolute Gasteiger partial charge is 0.366 e. The van der Waals surface area contributed by atoms with Crippen LogP contribution in [0.2, 0.25) is 0 Å². The van der Waals surface area contributed by atoms with Gasteiger partial charge in [0.1, 0.15) is 12.4 Å². The Balaban J connectivity index is 1.41. The number of benzene rings is 2. The normalized spacial score (nSPS) is 16.1. The van der Waals surface area contributed by atoms with Gasteiger partial charge < -0.3 is 9.80 Å². The fraction of sp³-hybridized carbons (Fsp3) is 0.250. The van der Waals surface area contributed by atoms with Crippen molar-refractivity contribution in [2.24, 2.45) is 0 Å². The molecule has 0 aromatic heterocycles. The fourth-order valence-corrected chi connectivity index (χ4v) is 3.68. The van der Waals surface area contributed by atoms with Crippen LogP contribution in [-0.2, 0) is 4.79 Å². The first kappa shape index (κ1) is 19.5. The van der Waals surface area contributed by atoms with Crippen molar-refractivity contribution >= 4 is 29.1 Å². The third-order valence-corrected chi connectivity index (χ3v) is 5.28. The lowest BCUT2D eigenvalue weighted by molar-refractivity contribution is -0.384. The van der Waals surface area contributed by atoms with E-state index in [2.05, 4.69) is 0 Å². The molecule has 0 unspecified atom stereocenters. The zero-order chi connectivity index (χ0) is 21.4. The number of imide groups is 1. The summed E-state index contributed by atoms with van der Waals surface area (Å²) in [7, 11) is 0. The number of para-hydroxylation sites is 1. The molecule has 3 amide bonds. The molecule has 0 saturated carbocycles. The second kappa shape index (κ2) is 7.54. The summed E-state index contributed by atoms with van der Waals surface area (Å²) in [5.41, 5.74) is 0.132. The molecular formula is C20H17FN4O5. The molecule has 154 valence electrons. The number of carbonyl (C=O) groups is 3. The fourth-order valence-electron chi connectivity index (χ4n) is 3.68. The minimum Gasteiger partial charge on any atom is -0.366 e. The van der Waals surface area contributed by atoms with E-state index in [1.54, 1.807) is 18.2 Å². The minimum absolute atomic E-state index is 0.0442. The summed E-state index contributed by atoms with van der Waals surface area (Å²) in [5.74, 6) is -2.12. The Kier molecular flexibility index (Phi) is 4.90. The average Bonchev–Trinajstić information content (AvgIpc) is 2.98. The van der Waals surface area contributed by atoms with Crippen molar-refractivity contribution in [3.8, 4) is 0 Å². The molecule has 0 bridgehead atoms. The topological polar surface area (TPSA) is 104 Å². The molecule has 0 aliphatic carbocycles. The van der Waals surface area contributed by atoms with Gasteiger partial charge in [-0.25, -0.2) is 4.39 Å². The van der Waals surface area contributed by atoms with Gasteiger partial charge in [0.2, 0.25) is 5.91 Å². The zero-order valence-electron chi connectivity index (χ0n) is 15.8. The van der Waals surface area contributed by atoms with Crippen molar-refractivity contribution in [1.82, 2.24) is 9.80 Å². The highest BCUT2D eigenvalue weighted by molar-refractivity contribution is 6.22. The Labute approximate surface area is 170 Å². The van der Waals surface area contributed by atoms with Gasteiger partial charge in [-0.1, -0.05) is 12.1 Å². The van der Waals surface area contributed by atoms with Gasteiger partial charge in [0, 0.05) is 38.3 Å². The van der Waals surface area contributed by atoms with Crippen LogP contribution >= 0.6 is 0 Å². The number of hydrogen-bond donors (Lipinski definition) is 0. The monoisotopic (exact) mass is 412 g/mol. The number of piperazine rings is 1. The van der Waals surface area contributed by atoms with E-state index in [0.29, 0.717) is 31.9 Å². The Morgan fingerprint density at radius 2 is 1.67 bits per heavy atom. The molecule has 10 heteroatoms. The van der Waals surface area contributed by atoms with Crippen LogP contribution in [0, 0.1) is 15.9 Å². The van der Waals surface area contributed by atoms with E-state index in [4.69, 9.17) is 0 Å². The van der Waals surface area contributed by atoms with Crippen molar-refractivity contribution in [2.75, 3.05) is 37.6 Å². The number of nitro benzene ring substituents is 1. The van der Waals surface area contributed by atoms with Crippen LogP contribution in [0.15, 0.2) is 42.5 Å². The van der Waals surface area contributed by atoms with E-state index in [-0.39, 0.29) is 22.6 Å². The molecule has 1 fully saturated rings. The van der Waals surface area contributed by atoms with Gasteiger partial charge in [-0.3, -0.25) is 29.4 Å². The summed E-state index contributed by atoms with van der Waals surface area (Å²) in [6.07, 6.45) is 0. The van der Waals surface area contributed by atoms with Gasteiger partial charge in [0.05, 0.1) is 21.7 Å². The third-order valence-electron chi connectivity index (χ3n) is 5.28. The minimum atomic E-state index is -0.725. The van der Waals surface area contributed by atoms with E-state index < -0.39 is 29.2 Å². The number of amides is 3. The summed E-state index contributed by atoms with van der Waals surface area (Å²) in [4.78, 5) is 52.1. The molecule has 2 heterocycles. The molecule has 30 heavy (non-hydrogen) atoms. The molecule has 0 atom stereocenters. The number of fused-ring (bicyclic) bond motifs is 1. The molecule has 4 rings (SSSR count). The average molecular weight is 412 g/mol. The van der Waals surface area contributed by atoms with Gasteiger partial charge in [0.25, 0.3) is 17.5 Å². The Morgan fingerprint density at radius 1 is 1.00 bits per heavy atom. The van der Waals surface area contributed by atoms with Crippen LogP contribution in [0.25, 0.3) is 0 Å². The molecule has 0 spiro atoms. The molecule has 2 aromatic rings. The summed E-state index contributed by atoms with van der Waals surface area (Å²) < 4.78 is 13.9. The first-order valence-corrected chi connectivity index (χ1v) is 9.28. The van der Waals surface area contributed by atoms with E-state index in [1.807, 2.05) is 4.90 Å². The highest BCUT2D eigenvalue weighted by Gasteiger charge is 2.38. The van der Waals surface area contributed by atoms with Crippen molar-refractivity contribution < 1.29 is 23.7 Å². The van der Waals surface area contributed by atoms with Crippen LogP contribution in [0.4, 0.5) is 15.8 Å². The van der Waals surface area contributed by atoms with Crippen LogP contribution in [-0.4, -0.2) is 65.2 Å². The summed E-state index contributed by atoms with van der Waals surface area (Å²) in [6.45, 7) is 1.03. The van der Waals surface area contributed by atoms with Crippen molar-refractivity contribution in [3.05, 3.63) is 69.5 Å². The highest BCUT2D eigenvalue weighted by atomic mass is 19.1. The highest BCUT2D eigenvalue weighted by Crippen LogP contribution is 2.27. The van der Waals surface area contributed by atoms with Gasteiger partial charge in [-0.2, -0.15) is 0 Å². The van der Waals surface area contributed by atoms with E-state index in [0.717, 1.165) is 17.0 Å². The number of non-ortho nitro benzene ring substituents is 1. The van der Waals surface area contributed by atoms with Gasteiger partial charge >= 0.3 is 0 Å². The van der Waals surface area contributed by atoms with Crippen LogP contribution in [0.3, 0.4) is 0 Å². The van der Waals surface area contributed by atoms with Gasteiger partial charge in [-0.15, -0.1) is 0 Å². The molecule has 2 aliphatic heterocycles. The molecule has 2 aliphatic rings. The number of halogens is 1. The quantitative estimate of drug-likeness (QED) is 0.430. The summed E-state index contributed by atoms with van der Waals surface area (Å²) >= 11 is 0. The second-order valence-corrected chi connectivity index (χ2v) is 7.00. The van der Waals surface area contributed by atoms with Crippen molar-refractivity contribution in [1.29, 1.82) is 0 Å². The lowest BCUT2D eigenvalue weighted by Crippen LogP contribution is -2.52. The van der Waals surface area contributed by atoms with E-state index in [9.17, 15) is 28.9 Å². The summed E-state index contributed by atoms with van der Waals surface area (Å²) in [5, 5.41) is 10.9. The molecule has 0 N–H and O–H groups in total. The number of hydrogen-bond acceptors (Lipinski definition) is 6. The Hall–Kier alpha value is -3.82. The van der Waals surface area contributed by atoms with E-state index in [1.165, 1.54) is 17.0 Å². The number of anilines is 1. The number of carbonyl (C=O) groups excluding carboxylic acids is 3. The van der Waals surface area contributed by atoms with E-state index >= 15 is 0 Å².